The monoisotopic (exact) mass is 259 g/mol. The Hall–Kier alpha value is -0.160. The minimum atomic E-state index is 0.592. The van der Waals surface area contributed by atoms with Crippen LogP contribution in [-0.2, 0) is 14.2 Å². The fourth-order valence-corrected chi connectivity index (χ4v) is 2.24. The molecule has 0 amide bonds. The Morgan fingerprint density at radius 1 is 1.17 bits per heavy atom. The van der Waals surface area contributed by atoms with Crippen molar-refractivity contribution in [1.82, 2.24) is 4.90 Å². The van der Waals surface area contributed by atoms with Gasteiger partial charge in [-0.15, -0.1) is 0 Å². The smallest absolute Gasteiger partial charge is 0.0701 e. The molecule has 1 fully saturated rings. The summed E-state index contributed by atoms with van der Waals surface area (Å²) in [6, 6.07) is 0.592. The Labute approximate surface area is 112 Å². The summed E-state index contributed by atoms with van der Waals surface area (Å²) in [5.41, 5.74) is 0. The maximum atomic E-state index is 5.58. The number of nitrogens with zero attached hydrogens (tertiary/aromatic N) is 1. The molecular formula is C14H29NO3. The zero-order chi connectivity index (χ0) is 13.1. The van der Waals surface area contributed by atoms with Crippen LogP contribution in [0.4, 0.5) is 0 Å². The predicted octanol–water partition coefficient (Wildman–Crippen LogP) is 1.93. The van der Waals surface area contributed by atoms with Gasteiger partial charge in [-0.25, -0.2) is 0 Å². The van der Waals surface area contributed by atoms with Gasteiger partial charge < -0.3 is 14.2 Å². The lowest BCUT2D eigenvalue weighted by Crippen LogP contribution is -2.46. The minimum absolute atomic E-state index is 0.592. The summed E-state index contributed by atoms with van der Waals surface area (Å²) < 4.78 is 16.4. The molecule has 108 valence electrons. The van der Waals surface area contributed by atoms with E-state index in [2.05, 4.69) is 11.8 Å². The van der Waals surface area contributed by atoms with E-state index in [9.17, 15) is 0 Å². The SMILES string of the molecule is CCCCC1COCCN1CCOCCOCC. The first-order chi connectivity index (χ1) is 8.88. The van der Waals surface area contributed by atoms with Crippen LogP contribution >= 0.6 is 0 Å². The average molecular weight is 259 g/mol. The molecule has 0 bridgehead atoms. The van der Waals surface area contributed by atoms with Gasteiger partial charge in [0.25, 0.3) is 0 Å². The van der Waals surface area contributed by atoms with Crippen LogP contribution in [0, 0.1) is 0 Å². The molecule has 1 unspecified atom stereocenters. The third-order valence-electron chi connectivity index (χ3n) is 3.34. The molecule has 1 aliphatic heterocycles. The number of hydrogen-bond acceptors (Lipinski definition) is 4. The Bertz CT molecular complexity index is 190. The molecule has 1 atom stereocenters. The van der Waals surface area contributed by atoms with Gasteiger partial charge in [0.15, 0.2) is 0 Å². The number of unbranched alkanes of at least 4 members (excludes halogenated alkanes) is 1. The second kappa shape index (κ2) is 10.7. The van der Waals surface area contributed by atoms with Crippen LogP contribution in [0.1, 0.15) is 33.1 Å². The first kappa shape index (κ1) is 15.9. The highest BCUT2D eigenvalue weighted by Crippen LogP contribution is 2.13. The van der Waals surface area contributed by atoms with Crippen molar-refractivity contribution in [3.05, 3.63) is 0 Å². The van der Waals surface area contributed by atoms with Crippen molar-refractivity contribution in [2.45, 2.75) is 39.2 Å². The zero-order valence-electron chi connectivity index (χ0n) is 12.0. The van der Waals surface area contributed by atoms with Crippen molar-refractivity contribution < 1.29 is 14.2 Å². The average Bonchev–Trinajstić information content (AvgIpc) is 2.41. The molecule has 0 N–H and O–H groups in total. The molecule has 4 heteroatoms. The van der Waals surface area contributed by atoms with Gasteiger partial charge in [-0.1, -0.05) is 19.8 Å². The van der Waals surface area contributed by atoms with Gasteiger partial charge in [-0.3, -0.25) is 4.90 Å². The number of morpholine rings is 1. The fourth-order valence-electron chi connectivity index (χ4n) is 2.24. The zero-order valence-corrected chi connectivity index (χ0v) is 12.0. The van der Waals surface area contributed by atoms with E-state index in [0.717, 1.165) is 39.5 Å². The van der Waals surface area contributed by atoms with Gasteiger partial charge in [-0.2, -0.15) is 0 Å². The van der Waals surface area contributed by atoms with Crippen LogP contribution in [0.3, 0.4) is 0 Å². The predicted molar refractivity (Wildman–Crippen MR) is 73.0 cm³/mol. The van der Waals surface area contributed by atoms with E-state index in [0.29, 0.717) is 19.3 Å². The molecule has 1 rings (SSSR count). The first-order valence-electron chi connectivity index (χ1n) is 7.35. The molecule has 0 radical (unpaired) electrons. The molecule has 18 heavy (non-hydrogen) atoms. The molecular weight excluding hydrogens is 230 g/mol. The maximum Gasteiger partial charge on any atom is 0.0701 e. The van der Waals surface area contributed by atoms with Crippen LogP contribution in [0.2, 0.25) is 0 Å². The van der Waals surface area contributed by atoms with Gasteiger partial charge in [0.2, 0.25) is 0 Å². The van der Waals surface area contributed by atoms with E-state index in [4.69, 9.17) is 14.2 Å². The Balaban J connectivity index is 2.09. The van der Waals surface area contributed by atoms with Crippen LogP contribution in [0.15, 0.2) is 0 Å². The highest BCUT2D eigenvalue weighted by Gasteiger charge is 2.21. The number of hydrogen-bond donors (Lipinski definition) is 0. The summed E-state index contributed by atoms with van der Waals surface area (Å²) in [5, 5.41) is 0. The van der Waals surface area contributed by atoms with Crippen LogP contribution < -0.4 is 0 Å². The van der Waals surface area contributed by atoms with Gasteiger partial charge in [0, 0.05) is 25.7 Å². The summed E-state index contributed by atoms with van der Waals surface area (Å²) >= 11 is 0. The largest absolute Gasteiger partial charge is 0.379 e. The third-order valence-corrected chi connectivity index (χ3v) is 3.34. The van der Waals surface area contributed by atoms with E-state index in [1.807, 2.05) is 6.92 Å². The van der Waals surface area contributed by atoms with Crippen molar-refractivity contribution in [2.75, 3.05) is 52.7 Å². The topological polar surface area (TPSA) is 30.9 Å². The summed E-state index contributed by atoms with van der Waals surface area (Å²) in [4.78, 5) is 2.51. The highest BCUT2D eigenvalue weighted by molar-refractivity contribution is 4.74. The molecule has 0 spiro atoms. The summed E-state index contributed by atoms with van der Waals surface area (Å²) in [6.45, 7) is 11.0. The van der Waals surface area contributed by atoms with E-state index >= 15 is 0 Å². The van der Waals surface area contributed by atoms with Gasteiger partial charge in [0.1, 0.15) is 0 Å². The van der Waals surface area contributed by atoms with Crippen LogP contribution in [-0.4, -0.2) is 63.7 Å². The fraction of sp³-hybridized carbons (Fsp3) is 1.00. The number of rotatable bonds is 10. The summed E-state index contributed by atoms with van der Waals surface area (Å²) in [5.74, 6) is 0. The van der Waals surface area contributed by atoms with Gasteiger partial charge >= 0.3 is 0 Å². The highest BCUT2D eigenvalue weighted by atomic mass is 16.5. The van der Waals surface area contributed by atoms with E-state index < -0.39 is 0 Å². The molecule has 1 saturated heterocycles. The normalized spacial score (nSPS) is 21.3. The summed E-state index contributed by atoms with van der Waals surface area (Å²) in [6.07, 6.45) is 3.79. The Morgan fingerprint density at radius 2 is 2.00 bits per heavy atom. The maximum absolute atomic E-state index is 5.58. The van der Waals surface area contributed by atoms with Crippen molar-refractivity contribution in [1.29, 1.82) is 0 Å². The molecule has 1 heterocycles. The quantitative estimate of drug-likeness (QED) is 0.561. The van der Waals surface area contributed by atoms with Crippen molar-refractivity contribution >= 4 is 0 Å². The molecule has 0 aliphatic carbocycles. The van der Waals surface area contributed by atoms with Crippen LogP contribution in [0.25, 0.3) is 0 Å². The van der Waals surface area contributed by atoms with Crippen LogP contribution in [0.5, 0.6) is 0 Å². The minimum Gasteiger partial charge on any atom is -0.379 e. The third kappa shape index (κ3) is 6.69. The van der Waals surface area contributed by atoms with E-state index in [-0.39, 0.29) is 0 Å². The molecule has 1 aliphatic rings. The number of ether oxygens (including phenoxy) is 3. The lowest BCUT2D eigenvalue weighted by Gasteiger charge is -2.35. The lowest BCUT2D eigenvalue weighted by atomic mass is 10.1. The molecule has 0 aromatic carbocycles. The van der Waals surface area contributed by atoms with Gasteiger partial charge in [-0.05, 0) is 13.3 Å². The second-order valence-corrected chi connectivity index (χ2v) is 4.72. The Kier molecular flexibility index (Phi) is 9.48. The molecule has 0 aromatic heterocycles. The second-order valence-electron chi connectivity index (χ2n) is 4.72. The molecule has 0 saturated carbocycles. The molecule has 4 nitrogen and oxygen atoms in total. The van der Waals surface area contributed by atoms with Crippen molar-refractivity contribution in [2.24, 2.45) is 0 Å². The lowest BCUT2D eigenvalue weighted by molar-refractivity contribution is -0.0276. The van der Waals surface area contributed by atoms with E-state index in [1.165, 1.54) is 19.3 Å². The van der Waals surface area contributed by atoms with Crippen molar-refractivity contribution in [3.63, 3.8) is 0 Å². The molecule has 0 aromatic rings. The standard InChI is InChI=1S/C14H29NO3/c1-3-5-6-14-13-18-10-8-15(14)7-9-17-12-11-16-4-2/h14H,3-13H2,1-2H3. The van der Waals surface area contributed by atoms with E-state index in [1.54, 1.807) is 0 Å². The van der Waals surface area contributed by atoms with Gasteiger partial charge in [0.05, 0.1) is 33.0 Å². The van der Waals surface area contributed by atoms with Crippen molar-refractivity contribution in [3.8, 4) is 0 Å². The first-order valence-corrected chi connectivity index (χ1v) is 7.35. The Morgan fingerprint density at radius 3 is 2.78 bits per heavy atom. The summed E-state index contributed by atoms with van der Waals surface area (Å²) in [7, 11) is 0.